The van der Waals surface area contributed by atoms with Crippen molar-refractivity contribution in [1.82, 2.24) is 9.78 Å². The van der Waals surface area contributed by atoms with Crippen molar-refractivity contribution in [2.24, 2.45) is 0 Å². The molecular weight excluding hydrogens is 454 g/mol. The Morgan fingerprint density at radius 2 is 1.58 bits per heavy atom. The maximum Gasteiger partial charge on any atom is 0.359 e. The van der Waals surface area contributed by atoms with Gasteiger partial charge in [0.1, 0.15) is 0 Å². The molecule has 0 radical (unpaired) electrons. The van der Waals surface area contributed by atoms with Gasteiger partial charge in [-0.3, -0.25) is 10.1 Å². The Bertz CT molecular complexity index is 1480. The van der Waals surface area contributed by atoms with Gasteiger partial charge in [-0.2, -0.15) is 5.10 Å². The molecule has 1 aromatic heterocycles. The normalized spacial score (nSPS) is 16.2. The molecule has 0 N–H and O–H groups in total. The average Bonchev–Trinajstić information content (AvgIpc) is 3.21. The molecule has 0 saturated heterocycles. The van der Waals surface area contributed by atoms with Crippen LogP contribution in [0.15, 0.2) is 48.5 Å². The van der Waals surface area contributed by atoms with E-state index >= 15 is 0 Å². The van der Waals surface area contributed by atoms with Crippen molar-refractivity contribution in [3.63, 3.8) is 0 Å². The SMILES string of the molecule is COC(=O)c1nn(-c2ccc([N+](=O)[O-])cc2)c2cc3cc4c(cc3cc12)[Si](C)(C)O[Si]4(C)C. The second-order valence-corrected chi connectivity index (χ2v) is 17.2. The van der Waals surface area contributed by atoms with Crippen molar-refractivity contribution in [3.05, 3.63) is 64.3 Å². The lowest BCUT2D eigenvalue weighted by Crippen LogP contribution is -2.43. The van der Waals surface area contributed by atoms with Gasteiger partial charge < -0.3 is 8.85 Å². The zero-order valence-electron chi connectivity index (χ0n) is 19.0. The summed E-state index contributed by atoms with van der Waals surface area (Å²) in [5.41, 5.74) is 1.54. The number of hydrogen-bond acceptors (Lipinski definition) is 6. The number of aromatic nitrogens is 2. The number of non-ortho nitro benzene ring substituents is 1. The maximum atomic E-state index is 12.5. The average molecular weight is 478 g/mol. The summed E-state index contributed by atoms with van der Waals surface area (Å²) in [5.74, 6) is -0.534. The van der Waals surface area contributed by atoms with E-state index in [4.69, 9.17) is 8.85 Å². The highest BCUT2D eigenvalue weighted by atomic mass is 28.4. The van der Waals surface area contributed by atoms with Gasteiger partial charge in [0.2, 0.25) is 16.6 Å². The number of nitrogens with zero attached hydrogens (tertiary/aromatic N) is 3. The number of benzene rings is 3. The number of nitro benzene ring substituents is 1. The molecular formula is C23H23N3O5Si2. The van der Waals surface area contributed by atoms with Crippen LogP contribution in [0.25, 0.3) is 27.4 Å². The molecule has 5 rings (SSSR count). The van der Waals surface area contributed by atoms with Crippen LogP contribution in [0.4, 0.5) is 5.69 Å². The lowest BCUT2D eigenvalue weighted by atomic mass is 10.1. The van der Waals surface area contributed by atoms with Crippen LogP contribution in [-0.4, -0.2) is 44.4 Å². The number of carbonyl (C=O) groups is 1. The molecule has 10 heteroatoms. The first-order chi connectivity index (χ1) is 15.5. The van der Waals surface area contributed by atoms with Gasteiger partial charge in [-0.05, 0) is 71.6 Å². The van der Waals surface area contributed by atoms with E-state index in [2.05, 4.69) is 43.4 Å². The summed E-state index contributed by atoms with van der Waals surface area (Å²) in [6.07, 6.45) is 0. The summed E-state index contributed by atoms with van der Waals surface area (Å²) in [6.45, 7) is 8.91. The summed E-state index contributed by atoms with van der Waals surface area (Å²) in [7, 11) is -2.66. The molecule has 0 saturated carbocycles. The molecule has 0 amide bonds. The molecule has 8 nitrogen and oxygen atoms in total. The summed E-state index contributed by atoms with van der Waals surface area (Å²) in [5, 5.41) is 20.9. The van der Waals surface area contributed by atoms with E-state index in [1.54, 1.807) is 16.8 Å². The molecule has 168 valence electrons. The van der Waals surface area contributed by atoms with Crippen LogP contribution in [0, 0.1) is 10.1 Å². The van der Waals surface area contributed by atoms with Gasteiger partial charge in [-0.1, -0.05) is 12.1 Å². The molecule has 1 aliphatic heterocycles. The number of hydrogen-bond donors (Lipinski definition) is 0. The number of methoxy groups -OCH3 is 1. The second-order valence-electron chi connectivity index (χ2n) is 9.26. The Morgan fingerprint density at radius 1 is 1.00 bits per heavy atom. The molecule has 3 aromatic carbocycles. The summed E-state index contributed by atoms with van der Waals surface area (Å²) in [4.78, 5) is 23.1. The third-order valence-electron chi connectivity index (χ3n) is 6.27. The van der Waals surface area contributed by atoms with Gasteiger partial charge in [0, 0.05) is 17.5 Å². The van der Waals surface area contributed by atoms with Crippen LogP contribution in [-0.2, 0) is 8.85 Å². The molecule has 0 bridgehead atoms. The smallest absolute Gasteiger partial charge is 0.359 e. The fourth-order valence-electron chi connectivity index (χ4n) is 4.81. The second kappa shape index (κ2) is 7.07. The highest BCUT2D eigenvalue weighted by Crippen LogP contribution is 2.31. The van der Waals surface area contributed by atoms with Gasteiger partial charge in [-0.25, -0.2) is 9.48 Å². The molecule has 0 atom stereocenters. The predicted octanol–water partition coefficient (Wildman–Crippen LogP) is 3.73. The molecule has 0 spiro atoms. The number of carbonyl (C=O) groups excluding carboxylic acids is 1. The molecule has 33 heavy (non-hydrogen) atoms. The largest absolute Gasteiger partial charge is 0.464 e. The summed E-state index contributed by atoms with van der Waals surface area (Å²) in [6, 6.07) is 14.5. The Hall–Kier alpha value is -3.35. The zero-order valence-corrected chi connectivity index (χ0v) is 21.0. The van der Waals surface area contributed by atoms with Gasteiger partial charge in [0.05, 0.1) is 23.2 Å². The molecule has 0 fully saturated rings. The number of rotatable bonds is 3. The van der Waals surface area contributed by atoms with E-state index < -0.39 is 27.5 Å². The van der Waals surface area contributed by atoms with E-state index in [9.17, 15) is 14.9 Å². The minimum absolute atomic E-state index is 0.0108. The fraction of sp³-hybridized carbons (Fsp3) is 0.217. The Kier molecular flexibility index (Phi) is 4.61. The van der Waals surface area contributed by atoms with Crippen molar-refractivity contribution in [3.8, 4) is 5.69 Å². The predicted molar refractivity (Wildman–Crippen MR) is 132 cm³/mol. The molecule has 0 unspecified atom stereocenters. The molecule has 4 aromatic rings. The third-order valence-corrected chi connectivity index (χ3v) is 14.0. The minimum atomic E-state index is -1.99. The maximum absolute atomic E-state index is 12.5. The Balaban J connectivity index is 1.79. The third kappa shape index (κ3) is 3.29. The fourth-order valence-corrected chi connectivity index (χ4v) is 15.1. The summed E-state index contributed by atoms with van der Waals surface area (Å²) >= 11 is 0. The van der Waals surface area contributed by atoms with Crippen LogP contribution >= 0.6 is 0 Å². The van der Waals surface area contributed by atoms with Crippen molar-refractivity contribution >= 4 is 60.3 Å². The topological polar surface area (TPSA) is 96.5 Å². The van der Waals surface area contributed by atoms with E-state index in [1.807, 2.05) is 12.1 Å². The quantitative estimate of drug-likeness (QED) is 0.193. The first kappa shape index (κ1) is 21.5. The number of esters is 1. The number of nitro groups is 1. The van der Waals surface area contributed by atoms with Crippen LogP contribution < -0.4 is 10.4 Å². The summed E-state index contributed by atoms with van der Waals surface area (Å²) < 4.78 is 13.2. The van der Waals surface area contributed by atoms with E-state index in [1.165, 1.54) is 29.6 Å². The van der Waals surface area contributed by atoms with E-state index in [0.717, 1.165) is 16.3 Å². The van der Waals surface area contributed by atoms with Crippen LogP contribution in [0.5, 0.6) is 0 Å². The van der Waals surface area contributed by atoms with Crippen molar-refractivity contribution in [2.75, 3.05) is 7.11 Å². The van der Waals surface area contributed by atoms with Crippen molar-refractivity contribution in [1.29, 1.82) is 0 Å². The minimum Gasteiger partial charge on any atom is -0.464 e. The first-order valence-electron chi connectivity index (χ1n) is 10.6. The molecule has 2 heterocycles. The highest BCUT2D eigenvalue weighted by Gasteiger charge is 2.46. The number of fused-ring (bicyclic) bond motifs is 3. The Morgan fingerprint density at radius 3 is 2.12 bits per heavy atom. The van der Waals surface area contributed by atoms with Crippen molar-refractivity contribution in [2.45, 2.75) is 26.2 Å². The molecule has 0 aliphatic carbocycles. The lowest BCUT2D eigenvalue weighted by Gasteiger charge is -2.22. The van der Waals surface area contributed by atoms with Gasteiger partial charge >= 0.3 is 5.97 Å². The highest BCUT2D eigenvalue weighted by molar-refractivity contribution is 7.06. The van der Waals surface area contributed by atoms with Crippen molar-refractivity contribution < 1.29 is 18.6 Å². The number of ether oxygens (including phenoxy) is 1. The molecule has 1 aliphatic rings. The first-order valence-corrected chi connectivity index (χ1v) is 16.4. The van der Waals surface area contributed by atoms with E-state index in [-0.39, 0.29) is 11.4 Å². The van der Waals surface area contributed by atoms with Gasteiger partial charge in [-0.15, -0.1) is 0 Å². The van der Waals surface area contributed by atoms with E-state index in [0.29, 0.717) is 11.1 Å². The van der Waals surface area contributed by atoms with Crippen LogP contribution in [0.1, 0.15) is 10.5 Å². The lowest BCUT2D eigenvalue weighted by molar-refractivity contribution is -0.384. The van der Waals surface area contributed by atoms with Crippen LogP contribution in [0.3, 0.4) is 0 Å². The monoisotopic (exact) mass is 477 g/mol. The van der Waals surface area contributed by atoms with Crippen LogP contribution in [0.2, 0.25) is 26.2 Å². The van der Waals surface area contributed by atoms with Gasteiger partial charge in [0.25, 0.3) is 5.69 Å². The Labute approximate surface area is 192 Å². The zero-order chi connectivity index (χ0) is 23.7. The standard InChI is InChI=1S/C23H23N3O5Si2/c1-30-23(27)22-18-10-14-12-20-21(33(4,5)31-32(20,2)3)13-15(14)11-19(18)25(24-22)16-6-8-17(9-7-16)26(28)29/h6-13H,1-5H3. The van der Waals surface area contributed by atoms with Gasteiger partial charge in [0.15, 0.2) is 5.69 Å².